The molecular formula is C15H23NO. The normalized spacial score (nSPS) is 17.6. The fourth-order valence-electron chi connectivity index (χ4n) is 2.49. The Balaban J connectivity index is 2.28. The van der Waals surface area contributed by atoms with E-state index < -0.39 is 6.10 Å². The van der Waals surface area contributed by atoms with E-state index >= 15 is 0 Å². The van der Waals surface area contributed by atoms with Crippen LogP contribution in [0.3, 0.4) is 0 Å². The summed E-state index contributed by atoms with van der Waals surface area (Å²) in [7, 11) is 0. The Labute approximate surface area is 104 Å². The summed E-state index contributed by atoms with van der Waals surface area (Å²) in [4.78, 5) is 0. The molecule has 94 valence electrons. The molecular weight excluding hydrogens is 210 g/mol. The summed E-state index contributed by atoms with van der Waals surface area (Å²) in [5.74, 6) is 0. The van der Waals surface area contributed by atoms with Crippen molar-refractivity contribution in [1.82, 2.24) is 0 Å². The van der Waals surface area contributed by atoms with Crippen LogP contribution in [0.25, 0.3) is 0 Å². The molecule has 1 atom stereocenters. The van der Waals surface area contributed by atoms with Crippen molar-refractivity contribution in [1.29, 1.82) is 0 Å². The van der Waals surface area contributed by atoms with E-state index in [2.05, 4.69) is 18.2 Å². The van der Waals surface area contributed by atoms with Gasteiger partial charge in [0.05, 0.1) is 6.10 Å². The van der Waals surface area contributed by atoms with Gasteiger partial charge in [-0.1, -0.05) is 32.0 Å². The minimum atomic E-state index is -0.472. The summed E-state index contributed by atoms with van der Waals surface area (Å²) in [5.41, 5.74) is 9.35. The molecule has 1 aliphatic carbocycles. The largest absolute Gasteiger partial charge is 0.388 e. The van der Waals surface area contributed by atoms with Crippen molar-refractivity contribution >= 4 is 0 Å². The van der Waals surface area contributed by atoms with Gasteiger partial charge in [-0.3, -0.25) is 0 Å². The Bertz CT molecular complexity index is 398. The van der Waals surface area contributed by atoms with Crippen LogP contribution in [-0.4, -0.2) is 11.7 Å². The van der Waals surface area contributed by atoms with Crippen molar-refractivity contribution < 1.29 is 5.11 Å². The molecule has 0 aliphatic heterocycles. The summed E-state index contributed by atoms with van der Waals surface area (Å²) < 4.78 is 0. The molecule has 1 unspecified atom stereocenters. The topological polar surface area (TPSA) is 46.2 Å². The first kappa shape index (κ1) is 12.6. The van der Waals surface area contributed by atoms with Crippen molar-refractivity contribution in [2.75, 3.05) is 6.54 Å². The van der Waals surface area contributed by atoms with Crippen LogP contribution >= 0.6 is 0 Å². The van der Waals surface area contributed by atoms with Crippen LogP contribution in [0.1, 0.15) is 49.5 Å². The van der Waals surface area contributed by atoms with Gasteiger partial charge in [-0.2, -0.15) is 0 Å². The van der Waals surface area contributed by atoms with Crippen LogP contribution in [0.5, 0.6) is 0 Å². The predicted molar refractivity (Wildman–Crippen MR) is 70.9 cm³/mol. The van der Waals surface area contributed by atoms with E-state index in [4.69, 9.17) is 5.73 Å². The van der Waals surface area contributed by atoms with Crippen molar-refractivity contribution in [2.45, 2.75) is 45.6 Å². The monoisotopic (exact) mass is 233 g/mol. The summed E-state index contributed by atoms with van der Waals surface area (Å²) >= 11 is 0. The third-order valence-corrected chi connectivity index (χ3v) is 3.95. The molecule has 0 aromatic heterocycles. The van der Waals surface area contributed by atoms with Crippen molar-refractivity contribution in [3.8, 4) is 0 Å². The van der Waals surface area contributed by atoms with Gasteiger partial charge in [0, 0.05) is 12.0 Å². The van der Waals surface area contributed by atoms with Crippen LogP contribution in [0.4, 0.5) is 0 Å². The predicted octanol–water partition coefficient (Wildman–Crippen LogP) is 2.58. The summed E-state index contributed by atoms with van der Waals surface area (Å²) in [6.45, 7) is 4.51. The quantitative estimate of drug-likeness (QED) is 0.843. The molecule has 0 fully saturated rings. The van der Waals surface area contributed by atoms with E-state index in [1.807, 2.05) is 13.8 Å². The molecule has 0 bridgehead atoms. The van der Waals surface area contributed by atoms with Crippen molar-refractivity contribution in [2.24, 2.45) is 11.1 Å². The molecule has 0 heterocycles. The maximum atomic E-state index is 10.4. The average Bonchev–Trinajstić information content (AvgIpc) is 2.37. The van der Waals surface area contributed by atoms with E-state index in [1.54, 1.807) is 0 Å². The fourth-order valence-corrected chi connectivity index (χ4v) is 2.49. The van der Waals surface area contributed by atoms with E-state index in [0.29, 0.717) is 6.54 Å². The lowest BCUT2D eigenvalue weighted by Gasteiger charge is -2.30. The van der Waals surface area contributed by atoms with Crippen LogP contribution in [0.15, 0.2) is 18.2 Å². The first-order valence-electron chi connectivity index (χ1n) is 6.54. The lowest BCUT2D eigenvalue weighted by atomic mass is 9.81. The molecule has 1 aromatic rings. The van der Waals surface area contributed by atoms with Gasteiger partial charge in [-0.15, -0.1) is 0 Å². The fraction of sp³-hybridized carbons (Fsp3) is 0.600. The highest BCUT2D eigenvalue weighted by Gasteiger charge is 2.28. The van der Waals surface area contributed by atoms with Crippen molar-refractivity contribution in [3.05, 3.63) is 34.9 Å². The number of hydrogen-bond acceptors (Lipinski definition) is 2. The van der Waals surface area contributed by atoms with Gasteiger partial charge < -0.3 is 10.8 Å². The third kappa shape index (κ3) is 2.53. The number of rotatable bonds is 3. The van der Waals surface area contributed by atoms with Crippen LogP contribution in [0.2, 0.25) is 0 Å². The van der Waals surface area contributed by atoms with Gasteiger partial charge in [0.15, 0.2) is 0 Å². The molecule has 0 radical (unpaired) electrons. The Morgan fingerprint density at radius 3 is 2.53 bits per heavy atom. The zero-order valence-corrected chi connectivity index (χ0v) is 10.9. The summed E-state index contributed by atoms with van der Waals surface area (Å²) in [5, 5.41) is 10.4. The summed E-state index contributed by atoms with van der Waals surface area (Å²) in [6, 6.07) is 6.42. The van der Waals surface area contributed by atoms with Gasteiger partial charge in [0.1, 0.15) is 0 Å². The molecule has 0 spiro atoms. The molecule has 2 heteroatoms. The van der Waals surface area contributed by atoms with Gasteiger partial charge in [-0.05, 0) is 42.4 Å². The van der Waals surface area contributed by atoms with Crippen LogP contribution in [0, 0.1) is 5.41 Å². The standard InChI is InChI=1S/C15H23NO/c1-15(2,10-16)14(17)13-8-7-11-5-3-4-6-12(11)9-13/h7-9,14,17H,3-6,10,16H2,1-2H3. The number of aliphatic hydroxyl groups excluding tert-OH is 1. The van der Waals surface area contributed by atoms with Gasteiger partial charge in [0.2, 0.25) is 0 Å². The minimum absolute atomic E-state index is 0.261. The Hall–Kier alpha value is -0.860. The SMILES string of the molecule is CC(C)(CN)C(O)c1ccc2c(c1)CCCC2. The second-order valence-electron chi connectivity index (χ2n) is 5.83. The average molecular weight is 233 g/mol. The Morgan fingerprint density at radius 1 is 1.24 bits per heavy atom. The smallest absolute Gasteiger partial charge is 0.0853 e. The molecule has 17 heavy (non-hydrogen) atoms. The van der Waals surface area contributed by atoms with E-state index in [0.717, 1.165) is 12.0 Å². The van der Waals surface area contributed by atoms with Gasteiger partial charge >= 0.3 is 0 Å². The number of fused-ring (bicyclic) bond motifs is 1. The Morgan fingerprint density at radius 2 is 1.88 bits per heavy atom. The molecule has 0 saturated heterocycles. The van der Waals surface area contributed by atoms with Gasteiger partial charge in [0.25, 0.3) is 0 Å². The van der Waals surface area contributed by atoms with E-state index in [-0.39, 0.29) is 5.41 Å². The lowest BCUT2D eigenvalue weighted by Crippen LogP contribution is -2.30. The van der Waals surface area contributed by atoms with Gasteiger partial charge in [-0.25, -0.2) is 0 Å². The highest BCUT2D eigenvalue weighted by atomic mass is 16.3. The molecule has 2 rings (SSSR count). The van der Waals surface area contributed by atoms with Crippen LogP contribution in [-0.2, 0) is 12.8 Å². The third-order valence-electron chi connectivity index (χ3n) is 3.95. The number of aryl methyl sites for hydroxylation is 2. The van der Waals surface area contributed by atoms with E-state index in [9.17, 15) is 5.11 Å². The lowest BCUT2D eigenvalue weighted by molar-refractivity contribution is 0.0554. The zero-order chi connectivity index (χ0) is 12.5. The second kappa shape index (κ2) is 4.79. The van der Waals surface area contributed by atoms with Crippen LogP contribution < -0.4 is 5.73 Å². The number of aliphatic hydroxyl groups is 1. The molecule has 0 amide bonds. The maximum absolute atomic E-state index is 10.4. The molecule has 1 aromatic carbocycles. The number of hydrogen-bond donors (Lipinski definition) is 2. The minimum Gasteiger partial charge on any atom is -0.388 e. The molecule has 1 aliphatic rings. The highest BCUT2D eigenvalue weighted by molar-refractivity contribution is 5.35. The highest BCUT2D eigenvalue weighted by Crippen LogP contribution is 2.34. The Kier molecular flexibility index (Phi) is 3.55. The molecule has 0 saturated carbocycles. The summed E-state index contributed by atoms with van der Waals surface area (Å²) in [6.07, 6.45) is 4.43. The molecule has 2 nitrogen and oxygen atoms in total. The maximum Gasteiger partial charge on any atom is 0.0853 e. The number of nitrogens with two attached hydrogens (primary N) is 1. The second-order valence-corrected chi connectivity index (χ2v) is 5.83. The first-order valence-corrected chi connectivity index (χ1v) is 6.54. The van der Waals surface area contributed by atoms with Crippen molar-refractivity contribution in [3.63, 3.8) is 0 Å². The molecule has 3 N–H and O–H groups in total. The first-order chi connectivity index (χ1) is 8.04. The van der Waals surface area contributed by atoms with E-state index in [1.165, 1.54) is 30.4 Å². The number of benzene rings is 1. The zero-order valence-electron chi connectivity index (χ0n) is 10.9.